The molecule has 5 nitrogen and oxygen atoms in total. The van der Waals surface area contributed by atoms with Crippen LogP contribution in [0.25, 0.3) is 11.0 Å². The van der Waals surface area contributed by atoms with Crippen molar-refractivity contribution in [3.05, 3.63) is 47.9 Å². The van der Waals surface area contributed by atoms with Gasteiger partial charge >= 0.3 is 5.69 Å². The molecule has 3 aromatic rings. The third-order valence-electron chi connectivity index (χ3n) is 2.68. The molecule has 0 atom stereocenters. The van der Waals surface area contributed by atoms with E-state index >= 15 is 0 Å². The second kappa shape index (κ2) is 5.19. The van der Waals surface area contributed by atoms with Crippen molar-refractivity contribution in [2.75, 3.05) is 5.32 Å². The van der Waals surface area contributed by atoms with E-state index in [0.29, 0.717) is 26.8 Å². The van der Waals surface area contributed by atoms with Crippen LogP contribution in [0.5, 0.6) is 0 Å². The molecule has 0 spiro atoms. The Balaban J connectivity index is 1.95. The topological polar surface area (TPSA) is 77.8 Å². The fourth-order valence-electron chi connectivity index (χ4n) is 1.78. The lowest BCUT2D eigenvalue weighted by Crippen LogP contribution is -2.11. The van der Waals surface area contributed by atoms with Crippen LogP contribution in [0.15, 0.2) is 36.6 Å². The van der Waals surface area contributed by atoms with Gasteiger partial charge in [0.2, 0.25) is 0 Å². The van der Waals surface area contributed by atoms with E-state index in [9.17, 15) is 9.59 Å². The van der Waals surface area contributed by atoms with Crippen LogP contribution >= 0.6 is 43.2 Å². The maximum absolute atomic E-state index is 12.1. The van der Waals surface area contributed by atoms with Gasteiger partial charge in [-0.25, -0.2) is 4.79 Å². The average Bonchev–Trinajstić information content (AvgIpc) is 2.95. The number of nitrogens with one attached hydrogen (secondary N) is 3. The van der Waals surface area contributed by atoms with E-state index in [1.54, 1.807) is 23.6 Å². The molecule has 0 radical (unpaired) electrons. The molecule has 0 unspecified atom stereocenters. The lowest BCUT2D eigenvalue weighted by atomic mass is 10.2. The lowest BCUT2D eigenvalue weighted by molar-refractivity contribution is 0.102. The molecule has 3 N–H and O–H groups in total. The van der Waals surface area contributed by atoms with Crippen LogP contribution in [0.3, 0.4) is 0 Å². The van der Waals surface area contributed by atoms with Crippen LogP contribution in [0.2, 0.25) is 0 Å². The van der Waals surface area contributed by atoms with Crippen molar-refractivity contribution in [1.82, 2.24) is 9.97 Å². The summed E-state index contributed by atoms with van der Waals surface area (Å²) < 4.78 is 1.59. The number of hydrogen-bond donors (Lipinski definition) is 3. The maximum Gasteiger partial charge on any atom is 0.323 e. The van der Waals surface area contributed by atoms with Crippen molar-refractivity contribution >= 4 is 65.8 Å². The van der Waals surface area contributed by atoms with Gasteiger partial charge in [0.25, 0.3) is 5.91 Å². The number of carbonyl (C=O) groups excluding carboxylic acids is 1. The van der Waals surface area contributed by atoms with Crippen LogP contribution in [0, 0.1) is 0 Å². The number of amides is 1. The van der Waals surface area contributed by atoms with Gasteiger partial charge in [-0.05, 0) is 50.1 Å². The number of H-pyrrole nitrogens is 2. The molecule has 0 aliphatic heterocycles. The van der Waals surface area contributed by atoms with E-state index in [1.165, 1.54) is 11.3 Å². The summed E-state index contributed by atoms with van der Waals surface area (Å²) in [7, 11) is 0. The van der Waals surface area contributed by atoms with E-state index < -0.39 is 0 Å². The fraction of sp³-hybridized carbons (Fsp3) is 0. The zero-order valence-corrected chi connectivity index (χ0v) is 13.8. The summed E-state index contributed by atoms with van der Waals surface area (Å²) in [5.74, 6) is -0.204. The molecule has 3 rings (SSSR count). The van der Waals surface area contributed by atoms with Crippen molar-refractivity contribution in [3.8, 4) is 0 Å². The van der Waals surface area contributed by atoms with Crippen molar-refractivity contribution in [2.24, 2.45) is 0 Å². The highest BCUT2D eigenvalue weighted by molar-refractivity contribution is 9.11. The quantitative estimate of drug-likeness (QED) is 0.595. The van der Waals surface area contributed by atoms with E-state index in [-0.39, 0.29) is 11.6 Å². The number of benzene rings is 1. The zero-order chi connectivity index (χ0) is 14.3. The Bertz CT molecular complexity index is 865. The third kappa shape index (κ3) is 2.58. The maximum atomic E-state index is 12.1. The van der Waals surface area contributed by atoms with Crippen molar-refractivity contribution < 1.29 is 4.79 Å². The Morgan fingerprint density at radius 2 is 1.85 bits per heavy atom. The summed E-state index contributed by atoms with van der Waals surface area (Å²) in [6, 6.07) is 5.20. The van der Waals surface area contributed by atoms with Gasteiger partial charge in [-0.3, -0.25) is 4.79 Å². The molecule has 0 saturated carbocycles. The Morgan fingerprint density at radius 1 is 1.15 bits per heavy atom. The zero-order valence-electron chi connectivity index (χ0n) is 9.79. The number of anilines is 1. The fourth-order valence-corrected chi connectivity index (χ4v) is 3.35. The number of rotatable bonds is 2. The van der Waals surface area contributed by atoms with Gasteiger partial charge in [-0.1, -0.05) is 0 Å². The Labute approximate surface area is 133 Å². The standard InChI is InChI=1S/C12H7Br2N3O2S/c13-6-2-8-9(17-12(19)16-8)3-7(6)15-11(18)5-1-10(14)20-4-5/h1-4H,(H,15,18)(H2,16,17,19). The SMILES string of the molecule is O=C(Nc1cc2[nH]c(=O)[nH]c2cc1Br)c1csc(Br)c1. The number of hydrogen-bond acceptors (Lipinski definition) is 3. The Hall–Kier alpha value is -1.38. The van der Waals surface area contributed by atoms with Crippen molar-refractivity contribution in [1.29, 1.82) is 0 Å². The minimum Gasteiger partial charge on any atom is -0.321 e. The summed E-state index contributed by atoms with van der Waals surface area (Å²) in [6.45, 7) is 0. The van der Waals surface area contributed by atoms with Crippen LogP contribution in [0.4, 0.5) is 5.69 Å². The smallest absolute Gasteiger partial charge is 0.321 e. The number of fused-ring (bicyclic) bond motifs is 1. The normalized spacial score (nSPS) is 10.9. The van der Waals surface area contributed by atoms with E-state index in [0.717, 1.165) is 3.79 Å². The molecule has 0 saturated heterocycles. The minimum atomic E-state index is -0.280. The van der Waals surface area contributed by atoms with Crippen LogP contribution in [-0.4, -0.2) is 15.9 Å². The first-order valence-corrected chi connectivity index (χ1v) is 7.96. The molecule has 0 bridgehead atoms. The highest BCUT2D eigenvalue weighted by Crippen LogP contribution is 2.28. The summed E-state index contributed by atoms with van der Waals surface area (Å²) in [6.07, 6.45) is 0. The van der Waals surface area contributed by atoms with Gasteiger partial charge in [0.05, 0.1) is 26.1 Å². The monoisotopic (exact) mass is 415 g/mol. The van der Waals surface area contributed by atoms with Gasteiger partial charge in [0.15, 0.2) is 0 Å². The van der Waals surface area contributed by atoms with Crippen molar-refractivity contribution in [2.45, 2.75) is 0 Å². The van der Waals surface area contributed by atoms with Gasteiger partial charge in [0.1, 0.15) is 0 Å². The van der Waals surface area contributed by atoms with Gasteiger partial charge in [-0.15, -0.1) is 11.3 Å². The van der Waals surface area contributed by atoms with Gasteiger partial charge < -0.3 is 15.3 Å². The summed E-state index contributed by atoms with van der Waals surface area (Å²) >= 11 is 8.14. The lowest BCUT2D eigenvalue weighted by Gasteiger charge is -2.06. The second-order valence-electron chi connectivity index (χ2n) is 4.05. The molecule has 1 amide bonds. The first-order valence-electron chi connectivity index (χ1n) is 5.50. The van der Waals surface area contributed by atoms with E-state index in [2.05, 4.69) is 47.1 Å². The number of imidazole rings is 1. The molecule has 8 heteroatoms. The molecule has 20 heavy (non-hydrogen) atoms. The number of carbonyl (C=O) groups is 1. The molecule has 0 fully saturated rings. The predicted octanol–water partition coefficient (Wildman–Crippen LogP) is 3.70. The summed E-state index contributed by atoms with van der Waals surface area (Å²) in [5, 5.41) is 4.57. The molecule has 0 aliphatic carbocycles. The van der Waals surface area contributed by atoms with Gasteiger partial charge in [-0.2, -0.15) is 0 Å². The molecular weight excluding hydrogens is 410 g/mol. The second-order valence-corrected chi connectivity index (χ2v) is 7.20. The summed E-state index contributed by atoms with van der Waals surface area (Å²) in [5.41, 5.74) is 2.21. The first-order chi connectivity index (χ1) is 9.52. The number of halogens is 2. The Kier molecular flexibility index (Phi) is 3.53. The van der Waals surface area contributed by atoms with E-state index in [4.69, 9.17) is 0 Å². The van der Waals surface area contributed by atoms with Crippen molar-refractivity contribution in [3.63, 3.8) is 0 Å². The first kappa shape index (κ1) is 13.6. The van der Waals surface area contributed by atoms with Crippen LogP contribution in [0.1, 0.15) is 10.4 Å². The molecule has 1 aromatic carbocycles. The van der Waals surface area contributed by atoms with Crippen LogP contribution in [-0.2, 0) is 0 Å². The Morgan fingerprint density at radius 3 is 2.50 bits per heavy atom. The third-order valence-corrected chi connectivity index (χ3v) is 4.84. The minimum absolute atomic E-state index is 0.204. The number of thiophene rings is 1. The summed E-state index contributed by atoms with van der Waals surface area (Å²) in [4.78, 5) is 28.6. The van der Waals surface area contributed by atoms with E-state index in [1.807, 2.05) is 0 Å². The van der Waals surface area contributed by atoms with Gasteiger partial charge in [0, 0.05) is 9.85 Å². The highest BCUT2D eigenvalue weighted by atomic mass is 79.9. The highest BCUT2D eigenvalue weighted by Gasteiger charge is 2.11. The molecule has 2 aromatic heterocycles. The predicted molar refractivity (Wildman–Crippen MR) is 86.6 cm³/mol. The number of aromatic nitrogens is 2. The molecule has 2 heterocycles. The molecule has 102 valence electrons. The largest absolute Gasteiger partial charge is 0.323 e. The van der Waals surface area contributed by atoms with Crippen LogP contribution < -0.4 is 11.0 Å². The number of aromatic amines is 2. The average molecular weight is 417 g/mol. The molecule has 0 aliphatic rings. The molecular formula is C12H7Br2N3O2S.